The van der Waals surface area contributed by atoms with Crippen molar-refractivity contribution in [2.75, 3.05) is 18.0 Å². The van der Waals surface area contributed by atoms with Gasteiger partial charge in [0.15, 0.2) is 5.82 Å². The van der Waals surface area contributed by atoms with Crippen LogP contribution in [0.1, 0.15) is 0 Å². The summed E-state index contributed by atoms with van der Waals surface area (Å²) in [5, 5.41) is 9.31. The maximum Gasteiger partial charge on any atom is 0.308 e. The molecule has 1 aromatic heterocycles. The first-order chi connectivity index (χ1) is 11.3. The number of hydrogen-bond donors (Lipinski definition) is 1. The summed E-state index contributed by atoms with van der Waals surface area (Å²) in [4.78, 5) is 16.6. The summed E-state index contributed by atoms with van der Waals surface area (Å²) in [5.41, 5.74) is 0.120. The van der Waals surface area contributed by atoms with E-state index in [-0.39, 0.29) is 29.6 Å². The molecule has 24 heavy (non-hydrogen) atoms. The minimum absolute atomic E-state index is 0.0563. The van der Waals surface area contributed by atoms with Crippen LogP contribution in [0.2, 0.25) is 0 Å². The second-order valence-electron chi connectivity index (χ2n) is 5.41. The lowest BCUT2D eigenvalue weighted by molar-refractivity contribution is -0.144. The van der Waals surface area contributed by atoms with Gasteiger partial charge in [0.25, 0.3) is 0 Å². The number of hydrogen-bond acceptors (Lipinski definition) is 5. The number of anilines is 1. The highest BCUT2D eigenvalue weighted by Gasteiger charge is 2.43. The van der Waals surface area contributed by atoms with Crippen LogP contribution < -0.4 is 4.90 Å². The van der Waals surface area contributed by atoms with Gasteiger partial charge in [-0.2, -0.15) is 9.36 Å². The first-order valence-electron chi connectivity index (χ1n) is 6.91. The Morgan fingerprint density at radius 1 is 1.25 bits per heavy atom. The van der Waals surface area contributed by atoms with Crippen molar-refractivity contribution in [1.29, 1.82) is 0 Å². The quantitative estimate of drug-likeness (QED) is 0.849. The molecule has 128 valence electrons. The van der Waals surface area contributed by atoms with Crippen LogP contribution in [-0.2, 0) is 4.79 Å². The number of halogens is 4. The normalized spacial score (nSPS) is 20.8. The Labute approximate surface area is 137 Å². The number of nitrogens with zero attached hydrogens (tertiary/aromatic N) is 3. The number of carboxylic acid groups (broad SMARTS) is 1. The van der Waals surface area contributed by atoms with Crippen LogP contribution in [-0.4, -0.2) is 39.9 Å². The van der Waals surface area contributed by atoms with Crippen molar-refractivity contribution in [2.24, 2.45) is 11.8 Å². The zero-order chi connectivity index (χ0) is 17.4. The molecule has 10 heteroatoms. The van der Waals surface area contributed by atoms with E-state index in [4.69, 9.17) is 5.11 Å². The van der Waals surface area contributed by atoms with Gasteiger partial charge in [0.1, 0.15) is 11.6 Å². The van der Waals surface area contributed by atoms with E-state index in [1.165, 1.54) is 4.90 Å². The Hall–Kier alpha value is -2.23. The lowest BCUT2D eigenvalue weighted by atomic mass is 9.97. The molecular weight excluding hydrogens is 350 g/mol. The molecule has 1 saturated heterocycles. The summed E-state index contributed by atoms with van der Waals surface area (Å²) in [6.45, 7) is -0.280. The highest BCUT2D eigenvalue weighted by molar-refractivity contribution is 7.09. The van der Waals surface area contributed by atoms with Crippen LogP contribution in [0.25, 0.3) is 11.4 Å². The van der Waals surface area contributed by atoms with E-state index in [9.17, 15) is 22.4 Å². The Bertz CT molecular complexity index is 750. The molecule has 5 nitrogen and oxygen atoms in total. The molecule has 0 unspecified atom stereocenters. The van der Waals surface area contributed by atoms with E-state index in [1.54, 1.807) is 0 Å². The molecule has 1 N–H and O–H groups in total. The van der Waals surface area contributed by atoms with E-state index in [0.29, 0.717) is 6.07 Å². The second kappa shape index (κ2) is 6.34. The summed E-state index contributed by atoms with van der Waals surface area (Å²) in [6.07, 6.45) is -2.76. The van der Waals surface area contributed by atoms with Gasteiger partial charge in [-0.3, -0.25) is 4.79 Å². The Kier molecular flexibility index (Phi) is 4.39. The first kappa shape index (κ1) is 16.6. The molecule has 1 aliphatic heterocycles. The van der Waals surface area contributed by atoms with Gasteiger partial charge in [0, 0.05) is 36.3 Å². The zero-order valence-corrected chi connectivity index (χ0v) is 12.8. The fraction of sp³-hybridized carbons (Fsp3) is 0.357. The van der Waals surface area contributed by atoms with Crippen molar-refractivity contribution < 1.29 is 27.5 Å². The molecule has 0 spiro atoms. The number of alkyl halides is 2. The number of rotatable bonds is 4. The van der Waals surface area contributed by atoms with Crippen LogP contribution in [0, 0.1) is 23.5 Å². The van der Waals surface area contributed by atoms with Crippen molar-refractivity contribution in [3.8, 4) is 11.4 Å². The topological polar surface area (TPSA) is 66.3 Å². The lowest BCUT2D eigenvalue weighted by Crippen LogP contribution is -2.27. The van der Waals surface area contributed by atoms with Crippen LogP contribution in [0.15, 0.2) is 18.2 Å². The molecule has 0 radical (unpaired) electrons. The first-order valence-corrected chi connectivity index (χ1v) is 7.68. The van der Waals surface area contributed by atoms with Crippen LogP contribution in [0.3, 0.4) is 0 Å². The largest absolute Gasteiger partial charge is 0.481 e. The van der Waals surface area contributed by atoms with Crippen LogP contribution >= 0.6 is 11.5 Å². The van der Waals surface area contributed by atoms with Crippen molar-refractivity contribution in [3.05, 3.63) is 29.8 Å². The maximum absolute atomic E-state index is 13.3. The molecule has 1 aliphatic rings. The van der Waals surface area contributed by atoms with E-state index in [2.05, 4.69) is 9.36 Å². The molecule has 0 bridgehead atoms. The summed E-state index contributed by atoms with van der Waals surface area (Å²) < 4.78 is 56.5. The molecule has 1 fully saturated rings. The SMILES string of the molecule is O=C(O)[C@@H]1CN(c2nc(-c3cc(F)cc(F)c3)ns2)C[C@H]1C(F)F. The molecule has 0 saturated carbocycles. The molecule has 3 rings (SSSR count). The Morgan fingerprint density at radius 3 is 2.46 bits per heavy atom. The summed E-state index contributed by atoms with van der Waals surface area (Å²) in [6, 6.07) is 2.82. The zero-order valence-electron chi connectivity index (χ0n) is 12.0. The van der Waals surface area contributed by atoms with Gasteiger partial charge >= 0.3 is 5.97 Å². The average molecular weight is 361 g/mol. The van der Waals surface area contributed by atoms with E-state index in [1.807, 2.05) is 0 Å². The number of carbonyl (C=O) groups is 1. The fourth-order valence-corrected chi connectivity index (χ4v) is 3.35. The van der Waals surface area contributed by atoms with E-state index >= 15 is 0 Å². The lowest BCUT2D eigenvalue weighted by Gasteiger charge is -2.13. The van der Waals surface area contributed by atoms with Gasteiger partial charge in [-0.25, -0.2) is 17.6 Å². The minimum Gasteiger partial charge on any atom is -0.481 e. The molecule has 2 atom stereocenters. The van der Waals surface area contributed by atoms with Crippen molar-refractivity contribution >= 4 is 22.6 Å². The Balaban J connectivity index is 1.84. The fourth-order valence-electron chi connectivity index (χ4n) is 2.65. The number of benzene rings is 1. The molecular formula is C14H11F4N3O2S. The van der Waals surface area contributed by atoms with E-state index < -0.39 is 35.9 Å². The van der Waals surface area contributed by atoms with Crippen molar-refractivity contribution in [2.45, 2.75) is 6.43 Å². The monoisotopic (exact) mass is 361 g/mol. The van der Waals surface area contributed by atoms with Gasteiger partial charge in [0.05, 0.1) is 11.8 Å². The predicted molar refractivity (Wildman–Crippen MR) is 78.1 cm³/mol. The third kappa shape index (κ3) is 3.18. The summed E-state index contributed by atoms with van der Waals surface area (Å²) in [5.74, 6) is -5.32. The van der Waals surface area contributed by atoms with Crippen molar-refractivity contribution in [3.63, 3.8) is 0 Å². The summed E-state index contributed by atoms with van der Waals surface area (Å²) in [7, 11) is 0. The smallest absolute Gasteiger partial charge is 0.308 e. The van der Waals surface area contributed by atoms with Crippen LogP contribution in [0.5, 0.6) is 0 Å². The minimum atomic E-state index is -2.76. The van der Waals surface area contributed by atoms with Gasteiger partial charge in [-0.05, 0) is 12.1 Å². The second-order valence-corrected chi connectivity index (χ2v) is 6.14. The molecule has 0 amide bonds. The van der Waals surface area contributed by atoms with Crippen LogP contribution in [0.4, 0.5) is 22.7 Å². The predicted octanol–water partition coefficient (Wildman–Crippen LogP) is 2.89. The van der Waals surface area contributed by atoms with Gasteiger partial charge < -0.3 is 10.0 Å². The maximum atomic E-state index is 13.3. The number of carboxylic acids is 1. The van der Waals surface area contributed by atoms with E-state index in [0.717, 1.165) is 23.7 Å². The number of aromatic nitrogens is 2. The Morgan fingerprint density at radius 2 is 1.92 bits per heavy atom. The van der Waals surface area contributed by atoms with Gasteiger partial charge in [-0.15, -0.1) is 0 Å². The third-order valence-electron chi connectivity index (χ3n) is 3.81. The third-order valence-corrected chi connectivity index (χ3v) is 4.59. The summed E-state index contributed by atoms with van der Waals surface area (Å²) >= 11 is 0.863. The molecule has 2 aromatic rings. The molecule has 1 aromatic carbocycles. The van der Waals surface area contributed by atoms with Gasteiger partial charge in [-0.1, -0.05) is 0 Å². The number of aliphatic carboxylic acids is 1. The highest BCUT2D eigenvalue weighted by Crippen LogP contribution is 2.34. The average Bonchev–Trinajstić information content (AvgIpc) is 3.13. The van der Waals surface area contributed by atoms with Gasteiger partial charge in [0.2, 0.25) is 11.6 Å². The molecule has 0 aliphatic carbocycles. The molecule has 2 heterocycles. The highest BCUT2D eigenvalue weighted by atomic mass is 32.1. The van der Waals surface area contributed by atoms with Crippen molar-refractivity contribution in [1.82, 2.24) is 9.36 Å². The standard InChI is InChI=1S/C14H11F4N3O2S/c15-7-1-6(2-8(16)3-7)12-19-14(24-20-12)21-4-9(11(17)18)10(5-21)13(22)23/h1-3,9-11H,4-5H2,(H,22,23)/t9-,10-/m1/s1.